The molecule has 6 heteroatoms. The summed E-state index contributed by atoms with van der Waals surface area (Å²) in [7, 11) is 1.76. The lowest BCUT2D eigenvalue weighted by atomic mass is 10.2. The molecule has 0 aromatic carbocycles. The van der Waals surface area contributed by atoms with E-state index in [2.05, 4.69) is 15.1 Å². The lowest BCUT2D eigenvalue weighted by Crippen LogP contribution is -2.11. The van der Waals surface area contributed by atoms with Crippen molar-refractivity contribution in [3.63, 3.8) is 0 Å². The standard InChI is InChI=1S/C12H13ClN4O/c1-7-5-14-12(15-6-7)10(18)4-9-11(13)8(2)16-17(9)3/h5-6H,4H2,1-3H3. The zero-order chi connectivity index (χ0) is 13.3. The molecule has 2 aromatic rings. The van der Waals surface area contributed by atoms with Crippen LogP contribution in [0, 0.1) is 13.8 Å². The van der Waals surface area contributed by atoms with E-state index in [1.165, 1.54) is 0 Å². The number of rotatable bonds is 3. The van der Waals surface area contributed by atoms with Crippen LogP contribution in [0.5, 0.6) is 0 Å². The Bertz CT molecular complexity index is 589. The maximum atomic E-state index is 12.0. The maximum Gasteiger partial charge on any atom is 0.206 e. The highest BCUT2D eigenvalue weighted by Crippen LogP contribution is 2.20. The van der Waals surface area contributed by atoms with Crippen LogP contribution in [0.4, 0.5) is 0 Å². The van der Waals surface area contributed by atoms with Gasteiger partial charge in [-0.2, -0.15) is 5.10 Å². The number of carbonyl (C=O) groups is 1. The summed E-state index contributed by atoms with van der Waals surface area (Å²) in [5.41, 5.74) is 2.32. The lowest BCUT2D eigenvalue weighted by Gasteiger charge is -2.02. The molecule has 0 amide bonds. The number of ketones is 1. The van der Waals surface area contributed by atoms with Gasteiger partial charge in [-0.1, -0.05) is 11.6 Å². The van der Waals surface area contributed by atoms with Crippen LogP contribution in [0.1, 0.15) is 27.6 Å². The van der Waals surface area contributed by atoms with Crippen LogP contribution in [0.2, 0.25) is 5.02 Å². The number of hydrogen-bond acceptors (Lipinski definition) is 4. The van der Waals surface area contributed by atoms with Gasteiger partial charge in [-0.15, -0.1) is 0 Å². The molecular weight excluding hydrogens is 252 g/mol. The van der Waals surface area contributed by atoms with Crippen molar-refractivity contribution in [2.75, 3.05) is 0 Å². The van der Waals surface area contributed by atoms with Crippen molar-refractivity contribution in [1.82, 2.24) is 19.7 Å². The van der Waals surface area contributed by atoms with Crippen molar-refractivity contribution in [2.45, 2.75) is 20.3 Å². The third-order valence-corrected chi connectivity index (χ3v) is 3.11. The molecule has 18 heavy (non-hydrogen) atoms. The molecule has 2 aromatic heterocycles. The highest BCUT2D eigenvalue weighted by Gasteiger charge is 2.17. The maximum absolute atomic E-state index is 12.0. The number of nitrogens with zero attached hydrogens (tertiary/aromatic N) is 4. The van der Waals surface area contributed by atoms with E-state index in [1.807, 2.05) is 6.92 Å². The molecule has 0 saturated carbocycles. The van der Waals surface area contributed by atoms with Crippen molar-refractivity contribution in [1.29, 1.82) is 0 Å². The molecule has 0 saturated heterocycles. The van der Waals surface area contributed by atoms with Gasteiger partial charge in [0.15, 0.2) is 5.82 Å². The number of Topliss-reactive ketones (excluding diaryl/α,β-unsaturated/α-hetero) is 1. The van der Waals surface area contributed by atoms with Gasteiger partial charge in [-0.25, -0.2) is 9.97 Å². The number of aromatic nitrogens is 4. The Kier molecular flexibility index (Phi) is 3.43. The Morgan fingerprint density at radius 1 is 1.33 bits per heavy atom. The predicted octanol–water partition coefficient (Wildman–Crippen LogP) is 1.91. The molecule has 2 rings (SSSR count). The average Bonchev–Trinajstić information content (AvgIpc) is 2.57. The van der Waals surface area contributed by atoms with Crippen molar-refractivity contribution < 1.29 is 4.79 Å². The molecule has 0 radical (unpaired) electrons. The Balaban J connectivity index is 2.24. The van der Waals surface area contributed by atoms with Crippen LogP contribution in [0.15, 0.2) is 12.4 Å². The number of aryl methyl sites for hydroxylation is 3. The van der Waals surface area contributed by atoms with Crippen LogP contribution in [-0.4, -0.2) is 25.5 Å². The topological polar surface area (TPSA) is 60.7 Å². The molecule has 0 fully saturated rings. The molecule has 0 bridgehead atoms. The molecule has 2 heterocycles. The van der Waals surface area contributed by atoms with Crippen LogP contribution in [0.25, 0.3) is 0 Å². The smallest absolute Gasteiger partial charge is 0.206 e. The Morgan fingerprint density at radius 2 is 1.94 bits per heavy atom. The summed E-state index contributed by atoms with van der Waals surface area (Å²) >= 11 is 6.09. The minimum atomic E-state index is -0.167. The number of halogens is 1. The molecule has 0 aliphatic heterocycles. The Hall–Kier alpha value is -1.75. The third-order valence-electron chi connectivity index (χ3n) is 2.62. The first kappa shape index (κ1) is 12.7. The van der Waals surface area contributed by atoms with E-state index in [9.17, 15) is 4.79 Å². The van der Waals surface area contributed by atoms with Crippen LogP contribution in [0.3, 0.4) is 0 Å². The van der Waals surface area contributed by atoms with Crippen molar-refractivity contribution in [2.24, 2.45) is 7.05 Å². The van der Waals surface area contributed by atoms with Gasteiger partial charge in [0.05, 0.1) is 22.8 Å². The van der Waals surface area contributed by atoms with Crippen LogP contribution >= 0.6 is 11.6 Å². The fourth-order valence-corrected chi connectivity index (χ4v) is 1.87. The van der Waals surface area contributed by atoms with Gasteiger partial charge in [0, 0.05) is 19.4 Å². The minimum absolute atomic E-state index is 0.152. The van der Waals surface area contributed by atoms with E-state index in [0.29, 0.717) is 16.4 Å². The van der Waals surface area contributed by atoms with Gasteiger partial charge in [0.25, 0.3) is 0 Å². The minimum Gasteiger partial charge on any atom is -0.290 e. The van der Waals surface area contributed by atoms with Crippen LogP contribution in [-0.2, 0) is 13.5 Å². The van der Waals surface area contributed by atoms with Crippen molar-refractivity contribution in [3.8, 4) is 0 Å². The molecule has 0 spiro atoms. The highest BCUT2D eigenvalue weighted by atomic mass is 35.5. The summed E-state index contributed by atoms with van der Waals surface area (Å²) in [6, 6.07) is 0. The first-order chi connectivity index (χ1) is 8.49. The third kappa shape index (κ3) is 2.41. The van der Waals surface area contributed by atoms with Gasteiger partial charge in [0.2, 0.25) is 5.78 Å². The lowest BCUT2D eigenvalue weighted by molar-refractivity contribution is 0.0980. The molecular formula is C12H13ClN4O. The zero-order valence-corrected chi connectivity index (χ0v) is 11.2. The van der Waals surface area contributed by atoms with E-state index in [-0.39, 0.29) is 18.0 Å². The molecule has 0 unspecified atom stereocenters. The van der Waals surface area contributed by atoms with Gasteiger partial charge in [-0.05, 0) is 19.4 Å². The van der Waals surface area contributed by atoms with E-state index in [4.69, 9.17) is 11.6 Å². The molecule has 0 atom stereocenters. The zero-order valence-electron chi connectivity index (χ0n) is 10.4. The molecule has 94 valence electrons. The van der Waals surface area contributed by atoms with E-state index in [0.717, 1.165) is 5.56 Å². The summed E-state index contributed by atoms with van der Waals surface area (Å²) in [6.07, 6.45) is 3.39. The normalized spacial score (nSPS) is 10.7. The first-order valence-electron chi connectivity index (χ1n) is 5.49. The molecule has 0 N–H and O–H groups in total. The monoisotopic (exact) mass is 264 g/mol. The second kappa shape index (κ2) is 4.86. The fraction of sp³-hybridized carbons (Fsp3) is 0.333. The van der Waals surface area contributed by atoms with Crippen molar-refractivity contribution >= 4 is 17.4 Å². The number of carbonyl (C=O) groups excluding carboxylic acids is 1. The van der Waals surface area contributed by atoms with Gasteiger partial charge in [-0.3, -0.25) is 9.48 Å². The van der Waals surface area contributed by atoms with Crippen LogP contribution < -0.4 is 0 Å². The molecule has 0 aliphatic rings. The highest BCUT2D eigenvalue weighted by molar-refractivity contribution is 6.32. The quantitative estimate of drug-likeness (QED) is 0.795. The summed E-state index contributed by atoms with van der Waals surface area (Å²) < 4.78 is 1.61. The predicted molar refractivity (Wildman–Crippen MR) is 67.8 cm³/mol. The summed E-state index contributed by atoms with van der Waals surface area (Å²) in [4.78, 5) is 20.0. The SMILES string of the molecule is Cc1cnc(C(=O)Cc2c(Cl)c(C)nn2C)nc1. The average molecular weight is 265 g/mol. The Labute approximate surface area is 110 Å². The second-order valence-corrected chi connectivity index (χ2v) is 4.53. The summed E-state index contributed by atoms with van der Waals surface area (Å²) in [5, 5.41) is 4.69. The first-order valence-corrected chi connectivity index (χ1v) is 5.86. The van der Waals surface area contributed by atoms with E-state index < -0.39 is 0 Å². The second-order valence-electron chi connectivity index (χ2n) is 4.15. The van der Waals surface area contributed by atoms with E-state index in [1.54, 1.807) is 31.0 Å². The van der Waals surface area contributed by atoms with Crippen molar-refractivity contribution in [3.05, 3.63) is 40.2 Å². The molecule has 5 nitrogen and oxygen atoms in total. The van der Waals surface area contributed by atoms with Gasteiger partial charge < -0.3 is 0 Å². The fourth-order valence-electron chi connectivity index (χ4n) is 1.64. The van der Waals surface area contributed by atoms with Gasteiger partial charge >= 0.3 is 0 Å². The summed E-state index contributed by atoms with van der Waals surface area (Å²) in [5.74, 6) is 0.0374. The Morgan fingerprint density at radius 3 is 2.44 bits per heavy atom. The summed E-state index contributed by atoms with van der Waals surface area (Å²) in [6.45, 7) is 3.67. The molecule has 0 aliphatic carbocycles. The number of hydrogen-bond donors (Lipinski definition) is 0. The largest absolute Gasteiger partial charge is 0.290 e. The van der Waals surface area contributed by atoms with Gasteiger partial charge in [0.1, 0.15) is 0 Å². The van der Waals surface area contributed by atoms with E-state index >= 15 is 0 Å².